The first kappa shape index (κ1) is 13.3. The van der Waals surface area contributed by atoms with E-state index in [0.29, 0.717) is 0 Å². The fourth-order valence-corrected chi connectivity index (χ4v) is 1.91. The zero-order valence-corrected chi connectivity index (χ0v) is 11.6. The van der Waals surface area contributed by atoms with Gasteiger partial charge in [-0.15, -0.1) is 0 Å². The third kappa shape index (κ3) is 3.37. The average Bonchev–Trinajstić information content (AvgIpc) is 2.26. The van der Waals surface area contributed by atoms with Gasteiger partial charge in [0.25, 0.3) is 0 Å². The molecule has 1 atom stereocenters. The van der Waals surface area contributed by atoms with Crippen LogP contribution in [-0.2, 0) is 4.79 Å². The van der Waals surface area contributed by atoms with Crippen LogP contribution in [0.4, 0.5) is 5.69 Å². The third-order valence-corrected chi connectivity index (χ3v) is 3.17. The van der Waals surface area contributed by atoms with Gasteiger partial charge in [0.1, 0.15) is 6.04 Å². The Morgan fingerprint density at radius 1 is 1.44 bits per heavy atom. The van der Waals surface area contributed by atoms with Crippen molar-refractivity contribution in [2.24, 2.45) is 0 Å². The number of hydrogen-bond acceptors (Lipinski definition) is 2. The second kappa shape index (κ2) is 6.08. The number of benzene rings is 1. The van der Waals surface area contributed by atoms with Gasteiger partial charge in [0.2, 0.25) is 0 Å². The lowest BCUT2D eigenvalue weighted by Gasteiger charge is -2.28. The van der Waals surface area contributed by atoms with Gasteiger partial charge in [-0.25, -0.2) is 4.79 Å². The number of halogens is 1. The number of carboxylic acid groups (broad SMARTS) is 1. The van der Waals surface area contributed by atoms with Crippen LogP contribution in [0.5, 0.6) is 0 Å². The summed E-state index contributed by atoms with van der Waals surface area (Å²) in [6.07, 6.45) is 0.934. The summed E-state index contributed by atoms with van der Waals surface area (Å²) in [6, 6.07) is 7.44. The van der Waals surface area contributed by atoms with Gasteiger partial charge in [-0.05, 0) is 60.2 Å². The number of aliphatic carboxylic acids is 1. The van der Waals surface area contributed by atoms with Gasteiger partial charge in [-0.3, -0.25) is 0 Å². The quantitative estimate of drug-likeness (QED) is 0.843. The molecule has 1 rings (SSSR count). The molecule has 0 saturated heterocycles. The van der Waals surface area contributed by atoms with Gasteiger partial charge in [0, 0.05) is 15.8 Å². The zero-order chi connectivity index (χ0) is 12.1. The van der Waals surface area contributed by atoms with Crippen molar-refractivity contribution < 1.29 is 9.90 Å². The normalized spacial score (nSPS) is 12.2. The van der Waals surface area contributed by atoms with Crippen LogP contribution in [0.15, 0.2) is 24.3 Å². The van der Waals surface area contributed by atoms with Gasteiger partial charge in [0.15, 0.2) is 0 Å². The van der Waals surface area contributed by atoms with Crippen LogP contribution in [0.2, 0.25) is 0 Å². The van der Waals surface area contributed by atoms with Crippen LogP contribution < -0.4 is 4.90 Å². The predicted molar refractivity (Wildman–Crippen MR) is 73.9 cm³/mol. The van der Waals surface area contributed by atoms with E-state index in [1.807, 2.05) is 36.1 Å². The molecular weight excluding hydrogens is 317 g/mol. The maximum Gasteiger partial charge on any atom is 0.326 e. The molecule has 16 heavy (non-hydrogen) atoms. The van der Waals surface area contributed by atoms with Crippen LogP contribution in [0.3, 0.4) is 0 Å². The van der Waals surface area contributed by atoms with Gasteiger partial charge in [0.05, 0.1) is 0 Å². The molecule has 0 unspecified atom stereocenters. The molecule has 3 nitrogen and oxygen atoms in total. The van der Waals surface area contributed by atoms with Gasteiger partial charge in [-0.1, -0.05) is 6.92 Å². The zero-order valence-electron chi connectivity index (χ0n) is 9.48. The van der Waals surface area contributed by atoms with Crippen molar-refractivity contribution in [3.63, 3.8) is 0 Å². The summed E-state index contributed by atoms with van der Waals surface area (Å²) in [5.74, 6) is -0.785. The van der Waals surface area contributed by atoms with E-state index >= 15 is 0 Å². The second-order valence-electron chi connectivity index (χ2n) is 3.68. The number of nitrogens with zero attached hydrogens (tertiary/aromatic N) is 1. The molecule has 1 N–H and O–H groups in total. The Hall–Kier alpha value is -0.780. The van der Waals surface area contributed by atoms with E-state index in [9.17, 15) is 4.79 Å². The molecule has 0 bridgehead atoms. The number of anilines is 1. The van der Waals surface area contributed by atoms with E-state index in [1.165, 1.54) is 0 Å². The van der Waals surface area contributed by atoms with E-state index in [2.05, 4.69) is 22.6 Å². The van der Waals surface area contributed by atoms with Crippen LogP contribution in [0.1, 0.15) is 20.3 Å². The molecular formula is C12H16INO2. The number of hydrogen-bond donors (Lipinski definition) is 1. The predicted octanol–water partition coefficient (Wildman–Crippen LogP) is 2.98. The van der Waals surface area contributed by atoms with Crippen molar-refractivity contribution in [3.05, 3.63) is 27.8 Å². The van der Waals surface area contributed by atoms with Gasteiger partial charge in [-0.2, -0.15) is 0 Å². The summed E-state index contributed by atoms with van der Waals surface area (Å²) in [4.78, 5) is 12.9. The minimum atomic E-state index is -0.785. The van der Waals surface area contributed by atoms with E-state index in [1.54, 1.807) is 6.92 Å². The Morgan fingerprint density at radius 2 is 2.00 bits per heavy atom. The van der Waals surface area contributed by atoms with Crippen molar-refractivity contribution >= 4 is 34.2 Å². The molecule has 0 saturated carbocycles. The molecule has 0 spiro atoms. The highest BCUT2D eigenvalue weighted by Crippen LogP contribution is 2.19. The summed E-state index contributed by atoms with van der Waals surface area (Å²) in [6.45, 7) is 4.53. The highest BCUT2D eigenvalue weighted by atomic mass is 127. The molecule has 0 aliphatic heterocycles. The Labute approximate surface area is 110 Å². The Bertz CT molecular complexity index is 351. The molecule has 0 aliphatic rings. The molecule has 88 valence electrons. The van der Waals surface area contributed by atoms with Crippen molar-refractivity contribution in [1.29, 1.82) is 0 Å². The first-order valence-corrected chi connectivity index (χ1v) is 6.39. The van der Waals surface area contributed by atoms with Crippen LogP contribution in [0.25, 0.3) is 0 Å². The first-order chi connectivity index (χ1) is 7.56. The largest absolute Gasteiger partial charge is 0.480 e. The van der Waals surface area contributed by atoms with Crippen LogP contribution in [-0.4, -0.2) is 23.7 Å². The van der Waals surface area contributed by atoms with Crippen molar-refractivity contribution in [3.8, 4) is 0 Å². The SMILES string of the molecule is CCCN(c1ccc(I)cc1)[C@H](C)C(=O)O. The molecule has 1 aromatic carbocycles. The molecule has 1 aromatic rings. The smallest absolute Gasteiger partial charge is 0.326 e. The Kier molecular flexibility index (Phi) is 5.05. The van der Waals surface area contributed by atoms with E-state index in [0.717, 1.165) is 22.2 Å². The Balaban J connectivity index is 2.92. The lowest BCUT2D eigenvalue weighted by atomic mass is 10.2. The van der Waals surface area contributed by atoms with Gasteiger partial charge < -0.3 is 10.0 Å². The standard InChI is InChI=1S/C12H16INO2/c1-3-8-14(9(2)12(15)16)11-6-4-10(13)5-7-11/h4-7,9H,3,8H2,1-2H3,(H,15,16)/t9-/m1/s1. The summed E-state index contributed by atoms with van der Waals surface area (Å²) in [7, 11) is 0. The summed E-state index contributed by atoms with van der Waals surface area (Å²) < 4.78 is 1.15. The molecule has 0 heterocycles. The van der Waals surface area contributed by atoms with E-state index < -0.39 is 12.0 Å². The van der Waals surface area contributed by atoms with Crippen LogP contribution >= 0.6 is 22.6 Å². The average molecular weight is 333 g/mol. The Morgan fingerprint density at radius 3 is 2.44 bits per heavy atom. The number of carbonyl (C=O) groups is 1. The molecule has 0 aromatic heterocycles. The van der Waals surface area contributed by atoms with Crippen molar-refractivity contribution in [1.82, 2.24) is 0 Å². The molecule has 0 amide bonds. The lowest BCUT2D eigenvalue weighted by Crippen LogP contribution is -2.39. The van der Waals surface area contributed by atoms with E-state index in [4.69, 9.17) is 5.11 Å². The lowest BCUT2D eigenvalue weighted by molar-refractivity contribution is -0.138. The van der Waals surface area contributed by atoms with Crippen LogP contribution in [0, 0.1) is 3.57 Å². The summed E-state index contributed by atoms with van der Waals surface area (Å²) >= 11 is 2.24. The van der Waals surface area contributed by atoms with E-state index in [-0.39, 0.29) is 0 Å². The summed E-state index contributed by atoms with van der Waals surface area (Å²) in [5, 5.41) is 9.05. The first-order valence-electron chi connectivity index (χ1n) is 5.31. The minimum absolute atomic E-state index is 0.486. The third-order valence-electron chi connectivity index (χ3n) is 2.45. The topological polar surface area (TPSA) is 40.5 Å². The molecule has 0 fully saturated rings. The fraction of sp³-hybridized carbons (Fsp3) is 0.417. The summed E-state index contributed by atoms with van der Waals surface area (Å²) in [5.41, 5.74) is 0.970. The van der Waals surface area contributed by atoms with Crippen molar-refractivity contribution in [2.45, 2.75) is 26.3 Å². The number of rotatable bonds is 5. The highest BCUT2D eigenvalue weighted by molar-refractivity contribution is 14.1. The molecule has 0 radical (unpaired) electrons. The maximum absolute atomic E-state index is 11.0. The fourth-order valence-electron chi connectivity index (χ4n) is 1.55. The molecule has 0 aliphatic carbocycles. The molecule has 4 heteroatoms. The number of carboxylic acids is 1. The minimum Gasteiger partial charge on any atom is -0.480 e. The maximum atomic E-state index is 11.0. The van der Waals surface area contributed by atoms with Crippen molar-refractivity contribution in [2.75, 3.05) is 11.4 Å². The monoisotopic (exact) mass is 333 g/mol. The highest BCUT2D eigenvalue weighted by Gasteiger charge is 2.19. The van der Waals surface area contributed by atoms with Gasteiger partial charge >= 0.3 is 5.97 Å². The second-order valence-corrected chi connectivity index (χ2v) is 4.93.